The van der Waals surface area contributed by atoms with Gasteiger partial charge in [-0.25, -0.2) is 0 Å². The summed E-state index contributed by atoms with van der Waals surface area (Å²) in [5.74, 6) is 0.667. The molecule has 0 spiro atoms. The average molecular weight is 708 g/mol. The van der Waals surface area contributed by atoms with E-state index in [1.807, 2.05) is 60.4 Å². The first-order valence-corrected chi connectivity index (χ1v) is 15.1. The molecule has 0 radical (unpaired) electrons. The van der Waals surface area contributed by atoms with Gasteiger partial charge in [0.15, 0.2) is 5.78 Å². The van der Waals surface area contributed by atoms with Gasteiger partial charge < -0.3 is 10.5 Å². The molecule has 204 valence electrons. The van der Waals surface area contributed by atoms with Gasteiger partial charge in [0, 0.05) is 26.9 Å². The van der Waals surface area contributed by atoms with Gasteiger partial charge in [-0.15, -0.1) is 0 Å². The number of hydrogen-bond acceptors (Lipinski definition) is 5. The van der Waals surface area contributed by atoms with E-state index >= 15 is 0 Å². The van der Waals surface area contributed by atoms with E-state index in [9.17, 15) is 10.1 Å². The molecule has 1 atom stereocenters. The van der Waals surface area contributed by atoms with E-state index in [4.69, 9.17) is 10.5 Å². The van der Waals surface area contributed by atoms with Crippen molar-refractivity contribution in [3.05, 3.63) is 114 Å². The van der Waals surface area contributed by atoms with Crippen LogP contribution in [0.5, 0.6) is 5.75 Å². The third kappa shape index (κ3) is 5.31. The van der Waals surface area contributed by atoms with Crippen LogP contribution in [-0.2, 0) is 11.4 Å². The van der Waals surface area contributed by atoms with Crippen molar-refractivity contribution in [1.82, 2.24) is 0 Å². The minimum Gasteiger partial charge on any atom is -0.488 e. The number of anilines is 1. The molecule has 2 N–H and O–H groups in total. The van der Waals surface area contributed by atoms with E-state index < -0.39 is 5.92 Å². The van der Waals surface area contributed by atoms with Crippen LogP contribution in [0.2, 0.25) is 0 Å². The predicted octanol–water partition coefficient (Wildman–Crippen LogP) is 8.19. The minimum absolute atomic E-state index is 0.0676. The number of ether oxygens (including phenoxy) is 1. The fourth-order valence-electron chi connectivity index (χ4n) is 5.80. The summed E-state index contributed by atoms with van der Waals surface area (Å²) in [6, 6.07) is 22.4. The Labute approximate surface area is 258 Å². The molecule has 1 unspecified atom stereocenters. The fraction of sp³-hybridized carbons (Fsp3) is 0.273. The summed E-state index contributed by atoms with van der Waals surface area (Å²) in [4.78, 5) is 15.9. The monoisotopic (exact) mass is 707 g/mol. The number of rotatable bonds is 5. The molecule has 5 rings (SSSR count). The second kappa shape index (κ2) is 11.1. The van der Waals surface area contributed by atoms with Gasteiger partial charge in [0.25, 0.3) is 0 Å². The van der Waals surface area contributed by atoms with E-state index in [1.165, 1.54) is 0 Å². The molecule has 1 heterocycles. The Morgan fingerprint density at radius 3 is 2.48 bits per heavy atom. The number of carbonyl (C=O) groups excluding carboxylic acids is 1. The molecule has 7 heteroatoms. The zero-order valence-corrected chi connectivity index (χ0v) is 26.8. The van der Waals surface area contributed by atoms with Gasteiger partial charge >= 0.3 is 0 Å². The van der Waals surface area contributed by atoms with Crippen LogP contribution >= 0.6 is 38.5 Å². The number of aryl methyl sites for hydroxylation is 2. The number of nitrogens with two attached hydrogens (primary N) is 1. The number of allylic oxidation sites excluding steroid dienone is 3. The van der Waals surface area contributed by atoms with Crippen molar-refractivity contribution in [3.63, 3.8) is 0 Å². The first-order valence-electron chi connectivity index (χ1n) is 13.2. The number of carbonyl (C=O) groups is 1. The largest absolute Gasteiger partial charge is 0.488 e. The zero-order chi connectivity index (χ0) is 28.8. The van der Waals surface area contributed by atoms with E-state index in [2.05, 4.69) is 77.5 Å². The van der Waals surface area contributed by atoms with Crippen LogP contribution in [0.15, 0.2) is 87.8 Å². The normalized spacial score (nSPS) is 18.5. The lowest BCUT2D eigenvalue weighted by Gasteiger charge is -2.44. The smallest absolute Gasteiger partial charge is 0.162 e. The number of para-hydroxylation sites is 1. The van der Waals surface area contributed by atoms with E-state index in [0.29, 0.717) is 36.4 Å². The molecule has 0 saturated carbocycles. The summed E-state index contributed by atoms with van der Waals surface area (Å²) >= 11 is 5.82. The van der Waals surface area contributed by atoms with Gasteiger partial charge in [0.05, 0.1) is 22.0 Å². The van der Waals surface area contributed by atoms with Gasteiger partial charge in [-0.1, -0.05) is 38.1 Å². The van der Waals surface area contributed by atoms with Gasteiger partial charge in [-0.2, -0.15) is 5.26 Å². The number of halogens is 2. The average Bonchev–Trinajstić information content (AvgIpc) is 2.89. The Kier molecular flexibility index (Phi) is 7.86. The van der Waals surface area contributed by atoms with Gasteiger partial charge in [-0.3, -0.25) is 9.69 Å². The Morgan fingerprint density at radius 2 is 1.80 bits per heavy atom. The van der Waals surface area contributed by atoms with Gasteiger partial charge in [0.1, 0.15) is 18.2 Å². The summed E-state index contributed by atoms with van der Waals surface area (Å²) in [6.07, 6.45) is 1.10. The molecule has 1 aliphatic heterocycles. The number of hydrogen-bond donors (Lipinski definition) is 1. The van der Waals surface area contributed by atoms with Gasteiger partial charge in [-0.05, 0) is 123 Å². The highest BCUT2D eigenvalue weighted by molar-refractivity contribution is 14.1. The molecular weight excluding hydrogens is 677 g/mol. The molecule has 3 aromatic carbocycles. The van der Waals surface area contributed by atoms with Crippen LogP contribution in [0.1, 0.15) is 54.9 Å². The van der Waals surface area contributed by atoms with Gasteiger partial charge in [0.2, 0.25) is 0 Å². The van der Waals surface area contributed by atoms with Crippen LogP contribution in [-0.4, -0.2) is 5.78 Å². The maximum Gasteiger partial charge on any atom is 0.162 e. The van der Waals surface area contributed by atoms with E-state index in [-0.39, 0.29) is 11.2 Å². The third-order valence-corrected chi connectivity index (χ3v) is 9.10. The standard InChI is InChI=1S/C33H31BrIN3O2/c1-19-13-20(2)24(14-21(19)18-40-29-8-6-5-7-26(29)34)30-25(17-36)32(37)38(23-11-9-22(35)10-12-23)27-15-33(3,4)16-28(39)31(27)30/h5-14,30H,15-16,18,37H2,1-4H3. The predicted molar refractivity (Wildman–Crippen MR) is 171 cm³/mol. The molecule has 0 saturated heterocycles. The molecule has 0 aromatic heterocycles. The van der Waals surface area contributed by atoms with Crippen LogP contribution in [0.25, 0.3) is 0 Å². The lowest BCUT2D eigenvalue weighted by atomic mass is 9.68. The van der Waals surface area contributed by atoms with Crippen molar-refractivity contribution < 1.29 is 9.53 Å². The Hall–Kier alpha value is -3.09. The van der Waals surface area contributed by atoms with Crippen molar-refractivity contribution in [1.29, 1.82) is 5.26 Å². The first kappa shape index (κ1) is 28.4. The van der Waals surface area contributed by atoms with Crippen molar-refractivity contribution >= 4 is 50.0 Å². The van der Waals surface area contributed by atoms with Crippen LogP contribution in [0.4, 0.5) is 5.69 Å². The molecule has 3 aromatic rings. The Bertz CT molecular complexity index is 1620. The van der Waals surface area contributed by atoms with Crippen molar-refractivity contribution in [3.8, 4) is 11.8 Å². The first-order chi connectivity index (χ1) is 19.0. The van der Waals surface area contributed by atoms with Crippen molar-refractivity contribution in [2.75, 3.05) is 4.90 Å². The van der Waals surface area contributed by atoms with E-state index in [0.717, 1.165) is 47.4 Å². The number of Topliss-reactive ketones (excluding diaryl/α,β-unsaturated/α-hetero) is 1. The highest BCUT2D eigenvalue weighted by atomic mass is 127. The highest BCUT2D eigenvalue weighted by Crippen LogP contribution is 2.51. The summed E-state index contributed by atoms with van der Waals surface area (Å²) in [6.45, 7) is 8.68. The van der Waals surface area contributed by atoms with Crippen molar-refractivity contribution in [2.24, 2.45) is 11.1 Å². The molecular formula is C33H31BrIN3O2. The Balaban J connectivity index is 1.66. The summed E-state index contributed by atoms with van der Waals surface area (Å²) < 4.78 is 8.15. The maximum atomic E-state index is 13.9. The summed E-state index contributed by atoms with van der Waals surface area (Å²) in [7, 11) is 0. The van der Waals surface area contributed by atoms with Crippen LogP contribution in [0.3, 0.4) is 0 Å². The number of nitrogens with zero attached hydrogens (tertiary/aromatic N) is 2. The lowest BCUT2D eigenvalue weighted by Crippen LogP contribution is -2.42. The highest BCUT2D eigenvalue weighted by Gasteiger charge is 2.45. The van der Waals surface area contributed by atoms with Crippen LogP contribution in [0, 0.1) is 34.2 Å². The molecule has 1 aliphatic carbocycles. The maximum absolute atomic E-state index is 13.9. The number of nitriles is 1. The Morgan fingerprint density at radius 1 is 1.10 bits per heavy atom. The fourth-order valence-corrected chi connectivity index (χ4v) is 6.56. The second-order valence-electron chi connectivity index (χ2n) is 11.3. The molecule has 5 nitrogen and oxygen atoms in total. The molecule has 0 amide bonds. The second-order valence-corrected chi connectivity index (χ2v) is 13.4. The molecule has 0 bridgehead atoms. The van der Waals surface area contributed by atoms with Crippen molar-refractivity contribution in [2.45, 2.75) is 53.1 Å². The zero-order valence-electron chi connectivity index (χ0n) is 23.0. The number of benzene rings is 3. The minimum atomic E-state index is -0.536. The summed E-state index contributed by atoms with van der Waals surface area (Å²) in [5, 5.41) is 10.5. The molecule has 2 aliphatic rings. The molecule has 0 fully saturated rings. The van der Waals surface area contributed by atoms with Crippen LogP contribution < -0.4 is 15.4 Å². The third-order valence-electron chi connectivity index (χ3n) is 7.72. The quantitative estimate of drug-likeness (QED) is 0.271. The lowest BCUT2D eigenvalue weighted by molar-refractivity contribution is -0.118. The SMILES string of the molecule is Cc1cc(C)c(C2C(C#N)=C(N)N(c3ccc(I)cc3)C3=C2C(=O)CC(C)(C)C3)cc1COc1ccccc1Br. The van der Waals surface area contributed by atoms with E-state index in [1.54, 1.807) is 0 Å². The summed E-state index contributed by atoms with van der Waals surface area (Å²) in [5.41, 5.74) is 13.4. The number of ketones is 1. The topological polar surface area (TPSA) is 79.4 Å². The molecule has 40 heavy (non-hydrogen) atoms.